The number of hydrogen-bond acceptors (Lipinski definition) is 6. The minimum absolute atomic E-state index is 0.176. The van der Waals surface area contributed by atoms with E-state index in [0.29, 0.717) is 34.1 Å². The lowest BCUT2D eigenvalue weighted by Gasteiger charge is -2.11. The lowest BCUT2D eigenvalue weighted by atomic mass is 10.1. The Bertz CT molecular complexity index is 1260. The van der Waals surface area contributed by atoms with Gasteiger partial charge in [-0.1, -0.05) is 18.2 Å². The van der Waals surface area contributed by atoms with Crippen molar-refractivity contribution >= 4 is 29.1 Å². The van der Waals surface area contributed by atoms with Crippen LogP contribution in [0, 0.1) is 12.7 Å². The molecule has 1 heterocycles. The second kappa shape index (κ2) is 10.9. The number of aromatic nitrogens is 2. The molecule has 174 valence electrons. The van der Waals surface area contributed by atoms with Crippen molar-refractivity contribution in [3.63, 3.8) is 0 Å². The number of amides is 2. The van der Waals surface area contributed by atoms with Gasteiger partial charge in [-0.2, -0.15) is 0 Å². The molecular weight excluding hydrogens is 435 g/mol. The number of nitrogens with one attached hydrogen (secondary N) is 3. The molecule has 0 unspecified atom stereocenters. The Hall–Kier alpha value is -4.53. The van der Waals surface area contributed by atoms with Gasteiger partial charge in [0.25, 0.3) is 11.8 Å². The Morgan fingerprint density at radius 2 is 1.68 bits per heavy atom. The topological polar surface area (TPSA) is 122 Å². The van der Waals surface area contributed by atoms with Crippen molar-refractivity contribution in [2.45, 2.75) is 20.8 Å². The van der Waals surface area contributed by atoms with Crippen LogP contribution in [-0.2, 0) is 0 Å². The first kappa shape index (κ1) is 24.1. The number of aryl methyl sites for hydroxylation is 1. The van der Waals surface area contributed by atoms with Crippen molar-refractivity contribution in [2.24, 2.45) is 5.73 Å². The van der Waals surface area contributed by atoms with Gasteiger partial charge in [0.1, 0.15) is 5.82 Å². The highest BCUT2D eigenvalue weighted by Gasteiger charge is 2.13. The van der Waals surface area contributed by atoms with Crippen LogP contribution in [0.15, 0.2) is 78.4 Å². The molecule has 2 aromatic carbocycles. The van der Waals surface area contributed by atoms with Crippen molar-refractivity contribution in [1.82, 2.24) is 9.97 Å². The summed E-state index contributed by atoms with van der Waals surface area (Å²) in [6, 6.07) is 10.3. The van der Waals surface area contributed by atoms with Crippen molar-refractivity contribution < 1.29 is 14.0 Å². The van der Waals surface area contributed by atoms with Crippen molar-refractivity contribution in [1.29, 1.82) is 0 Å². The second-order valence-corrected chi connectivity index (χ2v) is 7.50. The van der Waals surface area contributed by atoms with Crippen LogP contribution in [0.25, 0.3) is 0 Å². The standard InChI is InChI=1S/C25H25FN6O2/c1-4-19(10-16(3)27)32-25-28-13-21(14-29-25)31-24(34)22-12-20(9-8-15(22)2)30-23(33)17-6-5-7-18(26)11-17/h4-14H,27H2,1-3H3,(H,30,33)(H,31,34)(H,28,29,32)/b16-10+,19-4+. The van der Waals surface area contributed by atoms with Gasteiger partial charge >= 0.3 is 0 Å². The summed E-state index contributed by atoms with van der Waals surface area (Å²) in [7, 11) is 0. The molecule has 8 nitrogen and oxygen atoms in total. The van der Waals surface area contributed by atoms with E-state index in [1.54, 1.807) is 38.1 Å². The monoisotopic (exact) mass is 460 g/mol. The molecule has 0 saturated carbocycles. The summed E-state index contributed by atoms with van der Waals surface area (Å²) in [5.41, 5.74) is 9.12. The van der Waals surface area contributed by atoms with E-state index in [1.807, 2.05) is 13.0 Å². The molecule has 0 bridgehead atoms. The van der Waals surface area contributed by atoms with Crippen LogP contribution in [0.2, 0.25) is 0 Å². The molecule has 5 N–H and O–H groups in total. The highest BCUT2D eigenvalue weighted by atomic mass is 19.1. The summed E-state index contributed by atoms with van der Waals surface area (Å²) in [5.74, 6) is -1.03. The maximum atomic E-state index is 13.4. The molecule has 9 heteroatoms. The quantitative estimate of drug-likeness (QED) is 0.382. The minimum Gasteiger partial charge on any atom is -0.402 e. The second-order valence-electron chi connectivity index (χ2n) is 7.50. The molecule has 3 aromatic rings. The van der Waals surface area contributed by atoms with Crippen LogP contribution >= 0.6 is 0 Å². The summed E-state index contributed by atoms with van der Waals surface area (Å²) in [5, 5.41) is 8.45. The van der Waals surface area contributed by atoms with E-state index in [9.17, 15) is 14.0 Å². The number of carbonyl (C=O) groups is 2. The van der Waals surface area contributed by atoms with Gasteiger partial charge in [-0.15, -0.1) is 0 Å². The third-order valence-corrected chi connectivity index (χ3v) is 4.69. The number of hydrogen-bond donors (Lipinski definition) is 4. The zero-order valence-corrected chi connectivity index (χ0v) is 19.0. The summed E-state index contributed by atoms with van der Waals surface area (Å²) < 4.78 is 13.4. The van der Waals surface area contributed by atoms with Crippen molar-refractivity contribution in [3.05, 3.63) is 101 Å². The van der Waals surface area contributed by atoms with E-state index in [-0.39, 0.29) is 11.5 Å². The highest BCUT2D eigenvalue weighted by molar-refractivity contribution is 6.08. The molecule has 0 aliphatic carbocycles. The zero-order valence-electron chi connectivity index (χ0n) is 19.0. The van der Waals surface area contributed by atoms with Gasteiger partial charge < -0.3 is 21.7 Å². The van der Waals surface area contributed by atoms with Crippen LogP contribution in [0.5, 0.6) is 0 Å². The van der Waals surface area contributed by atoms with E-state index < -0.39 is 11.7 Å². The van der Waals surface area contributed by atoms with Gasteiger partial charge in [-0.25, -0.2) is 14.4 Å². The Morgan fingerprint density at radius 3 is 2.32 bits per heavy atom. The number of nitrogens with two attached hydrogens (primary N) is 1. The predicted molar refractivity (Wildman–Crippen MR) is 131 cm³/mol. The number of allylic oxidation sites excluding steroid dienone is 3. The van der Waals surface area contributed by atoms with Crippen molar-refractivity contribution in [3.8, 4) is 0 Å². The normalized spacial score (nSPS) is 11.6. The lowest BCUT2D eigenvalue weighted by Crippen LogP contribution is -2.16. The largest absolute Gasteiger partial charge is 0.402 e. The molecule has 0 atom stereocenters. The van der Waals surface area contributed by atoms with E-state index in [4.69, 9.17) is 5.73 Å². The Balaban J connectivity index is 1.70. The van der Waals surface area contributed by atoms with E-state index in [1.165, 1.54) is 30.6 Å². The van der Waals surface area contributed by atoms with Gasteiger partial charge in [-0.05, 0) is 62.7 Å². The van der Waals surface area contributed by atoms with Crippen LogP contribution in [0.3, 0.4) is 0 Å². The van der Waals surface area contributed by atoms with E-state index in [2.05, 4.69) is 25.9 Å². The molecule has 0 spiro atoms. The Morgan fingerprint density at radius 1 is 0.971 bits per heavy atom. The third-order valence-electron chi connectivity index (χ3n) is 4.69. The van der Waals surface area contributed by atoms with Crippen LogP contribution in [0.1, 0.15) is 40.1 Å². The van der Waals surface area contributed by atoms with E-state index in [0.717, 1.165) is 11.8 Å². The SMILES string of the molecule is C/C=C(\C=C(/C)N)Nc1ncc(NC(=O)c2cc(NC(=O)c3cccc(F)c3)ccc2C)cn1. The van der Waals surface area contributed by atoms with Crippen LogP contribution in [-0.4, -0.2) is 21.8 Å². The average Bonchev–Trinajstić information content (AvgIpc) is 2.80. The van der Waals surface area contributed by atoms with Gasteiger partial charge in [0.05, 0.1) is 18.1 Å². The van der Waals surface area contributed by atoms with Gasteiger partial charge in [0.2, 0.25) is 5.95 Å². The highest BCUT2D eigenvalue weighted by Crippen LogP contribution is 2.19. The first-order chi connectivity index (χ1) is 16.2. The van der Waals surface area contributed by atoms with Crippen molar-refractivity contribution in [2.75, 3.05) is 16.0 Å². The zero-order chi connectivity index (χ0) is 24.7. The Labute approximate surface area is 196 Å². The maximum absolute atomic E-state index is 13.4. The first-order valence-corrected chi connectivity index (χ1v) is 10.4. The fraction of sp³-hybridized carbons (Fsp3) is 0.120. The molecular formula is C25H25FN6O2. The summed E-state index contributed by atoms with van der Waals surface area (Å²) in [6.07, 6.45) is 6.54. The number of rotatable bonds is 7. The summed E-state index contributed by atoms with van der Waals surface area (Å²) in [4.78, 5) is 33.6. The lowest BCUT2D eigenvalue weighted by molar-refractivity contribution is 0.101. The van der Waals surface area contributed by atoms with Crippen LogP contribution < -0.4 is 21.7 Å². The molecule has 2 amide bonds. The number of nitrogens with zero attached hydrogens (tertiary/aromatic N) is 2. The predicted octanol–water partition coefficient (Wildman–Crippen LogP) is 4.61. The van der Waals surface area contributed by atoms with Crippen LogP contribution in [0.4, 0.5) is 21.7 Å². The molecule has 0 aliphatic rings. The number of benzene rings is 2. The minimum atomic E-state index is -0.507. The summed E-state index contributed by atoms with van der Waals surface area (Å²) >= 11 is 0. The first-order valence-electron chi connectivity index (χ1n) is 10.4. The number of anilines is 3. The number of halogens is 1. The fourth-order valence-electron chi connectivity index (χ4n) is 3.00. The molecule has 1 aromatic heterocycles. The molecule has 34 heavy (non-hydrogen) atoms. The smallest absolute Gasteiger partial charge is 0.256 e. The summed E-state index contributed by atoms with van der Waals surface area (Å²) in [6.45, 7) is 5.41. The molecule has 0 saturated heterocycles. The van der Waals surface area contributed by atoms with Gasteiger partial charge in [0.15, 0.2) is 0 Å². The molecule has 0 aliphatic heterocycles. The molecule has 3 rings (SSSR count). The number of carbonyl (C=O) groups excluding carboxylic acids is 2. The van der Waals surface area contributed by atoms with Gasteiger partial charge in [0, 0.05) is 28.2 Å². The maximum Gasteiger partial charge on any atom is 0.256 e. The van der Waals surface area contributed by atoms with E-state index >= 15 is 0 Å². The van der Waals surface area contributed by atoms with Gasteiger partial charge in [-0.3, -0.25) is 9.59 Å². The molecule has 0 radical (unpaired) electrons. The molecule has 0 fully saturated rings. The third kappa shape index (κ3) is 6.49. The Kier molecular flexibility index (Phi) is 7.71. The fourth-order valence-corrected chi connectivity index (χ4v) is 3.00. The average molecular weight is 461 g/mol.